The number of benzene rings is 3. The Kier molecular flexibility index (Phi) is 7.86. The molecule has 0 saturated heterocycles. The molecule has 0 radical (unpaired) electrons. The van der Waals surface area contributed by atoms with Crippen LogP contribution in [0.1, 0.15) is 27.9 Å². The van der Waals surface area contributed by atoms with Crippen LogP contribution in [0, 0.1) is 11.6 Å². The van der Waals surface area contributed by atoms with E-state index in [1.165, 1.54) is 30.3 Å². The van der Waals surface area contributed by atoms with Crippen molar-refractivity contribution < 1.29 is 26.8 Å². The fourth-order valence-electron chi connectivity index (χ4n) is 2.88. The molecule has 10 heteroatoms. The molecule has 3 N–H and O–H groups in total. The number of carbonyl (C=O) groups is 2. The summed E-state index contributed by atoms with van der Waals surface area (Å²) < 4.78 is 53.7. The first kappa shape index (κ1) is 24.0. The summed E-state index contributed by atoms with van der Waals surface area (Å²) in [6.07, 6.45) is 0.0584. The Labute approximate surface area is 189 Å². The predicted octanol–water partition coefficient (Wildman–Crippen LogP) is 2.84. The van der Waals surface area contributed by atoms with Crippen molar-refractivity contribution in [3.63, 3.8) is 0 Å². The van der Waals surface area contributed by atoms with E-state index in [4.69, 9.17) is 0 Å². The number of sulfonamides is 1. The number of amides is 2. The molecule has 33 heavy (non-hydrogen) atoms. The van der Waals surface area contributed by atoms with Gasteiger partial charge in [0.2, 0.25) is 15.9 Å². The molecule has 0 atom stereocenters. The summed E-state index contributed by atoms with van der Waals surface area (Å²) in [6, 6.07) is 17.7. The number of aryl methyl sites for hydroxylation is 1. The second-order valence-corrected chi connectivity index (χ2v) is 8.86. The first-order chi connectivity index (χ1) is 15.7. The normalized spacial score (nSPS) is 11.1. The maximum Gasteiger partial charge on any atom is 0.269 e. The van der Waals surface area contributed by atoms with E-state index in [-0.39, 0.29) is 29.8 Å². The molecule has 0 fully saturated rings. The third kappa shape index (κ3) is 6.93. The lowest BCUT2D eigenvalue weighted by atomic mass is 10.1. The SMILES string of the molecule is O=C(CCc1ccc(F)c(F)c1)NNC(=O)c1cccc(S(=O)(=O)NCc2ccccc2)c1. The fourth-order valence-corrected chi connectivity index (χ4v) is 3.94. The smallest absolute Gasteiger partial charge is 0.269 e. The highest BCUT2D eigenvalue weighted by Gasteiger charge is 2.16. The van der Waals surface area contributed by atoms with Crippen molar-refractivity contribution in [2.75, 3.05) is 0 Å². The largest absolute Gasteiger partial charge is 0.273 e. The first-order valence-corrected chi connectivity index (χ1v) is 11.4. The van der Waals surface area contributed by atoms with Gasteiger partial charge in [-0.3, -0.25) is 20.4 Å². The number of carbonyl (C=O) groups excluding carboxylic acids is 2. The zero-order valence-corrected chi connectivity index (χ0v) is 18.2. The van der Waals surface area contributed by atoms with Gasteiger partial charge in [0.1, 0.15) is 0 Å². The van der Waals surface area contributed by atoms with Crippen molar-refractivity contribution in [1.29, 1.82) is 0 Å². The van der Waals surface area contributed by atoms with E-state index < -0.39 is 33.5 Å². The summed E-state index contributed by atoms with van der Waals surface area (Å²) in [5.74, 6) is -3.25. The van der Waals surface area contributed by atoms with Gasteiger partial charge < -0.3 is 0 Å². The minimum Gasteiger partial charge on any atom is -0.273 e. The van der Waals surface area contributed by atoms with Crippen LogP contribution in [0.2, 0.25) is 0 Å². The molecular formula is C23H21F2N3O4S. The molecule has 7 nitrogen and oxygen atoms in total. The summed E-state index contributed by atoms with van der Waals surface area (Å²) in [4.78, 5) is 24.2. The van der Waals surface area contributed by atoms with Crippen molar-refractivity contribution >= 4 is 21.8 Å². The van der Waals surface area contributed by atoms with Gasteiger partial charge in [0.05, 0.1) is 4.90 Å². The number of halogens is 2. The van der Waals surface area contributed by atoms with Gasteiger partial charge in [-0.05, 0) is 47.9 Å². The first-order valence-electron chi connectivity index (χ1n) is 9.91. The molecule has 3 rings (SSSR count). The summed E-state index contributed by atoms with van der Waals surface area (Å²) in [5, 5.41) is 0. The van der Waals surface area contributed by atoms with E-state index in [0.717, 1.165) is 17.7 Å². The van der Waals surface area contributed by atoms with Crippen LogP contribution in [-0.4, -0.2) is 20.2 Å². The molecule has 0 aliphatic carbocycles. The molecule has 0 saturated carbocycles. The Hall–Kier alpha value is -3.63. The van der Waals surface area contributed by atoms with E-state index in [0.29, 0.717) is 5.56 Å². The summed E-state index contributed by atoms with van der Waals surface area (Å²) in [5.41, 5.74) is 5.65. The van der Waals surface area contributed by atoms with Crippen molar-refractivity contribution in [2.24, 2.45) is 0 Å². The molecule has 0 bridgehead atoms. The molecule has 2 amide bonds. The van der Waals surface area contributed by atoms with Crippen LogP contribution in [0.3, 0.4) is 0 Å². The van der Waals surface area contributed by atoms with E-state index in [2.05, 4.69) is 15.6 Å². The average molecular weight is 474 g/mol. The molecule has 0 unspecified atom stereocenters. The molecule has 0 heterocycles. The maximum atomic E-state index is 13.2. The molecular weight excluding hydrogens is 452 g/mol. The number of hydrogen-bond donors (Lipinski definition) is 3. The molecule has 172 valence electrons. The van der Waals surface area contributed by atoms with Gasteiger partial charge in [0.15, 0.2) is 11.6 Å². The second kappa shape index (κ2) is 10.8. The summed E-state index contributed by atoms with van der Waals surface area (Å²) >= 11 is 0. The van der Waals surface area contributed by atoms with Crippen molar-refractivity contribution in [2.45, 2.75) is 24.3 Å². The standard InChI is InChI=1S/C23H21F2N3O4S/c24-20-11-9-16(13-21(20)25)10-12-22(29)27-28-23(30)18-7-4-8-19(14-18)33(31,32)26-15-17-5-2-1-3-6-17/h1-9,11,13-14,26H,10,12,15H2,(H,27,29)(H,28,30). The molecule has 0 aromatic heterocycles. The Morgan fingerprint density at radius 2 is 1.55 bits per heavy atom. The van der Waals surface area contributed by atoms with Crippen LogP contribution in [0.5, 0.6) is 0 Å². The van der Waals surface area contributed by atoms with Gasteiger partial charge in [0, 0.05) is 18.5 Å². The Bertz CT molecular complexity index is 1250. The van der Waals surface area contributed by atoms with Crippen LogP contribution in [0.4, 0.5) is 8.78 Å². The highest BCUT2D eigenvalue weighted by molar-refractivity contribution is 7.89. The summed E-state index contributed by atoms with van der Waals surface area (Å²) in [6.45, 7) is 0.0909. The average Bonchev–Trinajstić information content (AvgIpc) is 2.82. The lowest BCUT2D eigenvalue weighted by molar-refractivity contribution is -0.121. The Morgan fingerprint density at radius 3 is 2.27 bits per heavy atom. The van der Waals surface area contributed by atoms with Crippen LogP contribution in [0.25, 0.3) is 0 Å². The van der Waals surface area contributed by atoms with Crippen molar-refractivity contribution in [3.05, 3.63) is 101 Å². The number of hydrazine groups is 1. The second-order valence-electron chi connectivity index (χ2n) is 7.09. The maximum absolute atomic E-state index is 13.2. The topological polar surface area (TPSA) is 104 Å². The number of rotatable bonds is 8. The van der Waals surface area contributed by atoms with Crippen LogP contribution in [0.15, 0.2) is 77.7 Å². The Balaban J connectivity index is 1.54. The minimum atomic E-state index is -3.87. The highest BCUT2D eigenvalue weighted by atomic mass is 32.2. The van der Waals surface area contributed by atoms with Gasteiger partial charge in [-0.1, -0.05) is 42.5 Å². The van der Waals surface area contributed by atoms with Gasteiger partial charge >= 0.3 is 0 Å². The van der Waals surface area contributed by atoms with E-state index in [1.807, 2.05) is 6.07 Å². The zero-order valence-electron chi connectivity index (χ0n) is 17.3. The van der Waals surface area contributed by atoms with Crippen LogP contribution >= 0.6 is 0 Å². The number of nitrogens with one attached hydrogen (secondary N) is 3. The fraction of sp³-hybridized carbons (Fsp3) is 0.130. The molecule has 3 aromatic rings. The van der Waals surface area contributed by atoms with Crippen molar-refractivity contribution in [1.82, 2.24) is 15.6 Å². The van der Waals surface area contributed by atoms with Gasteiger partial charge in [-0.25, -0.2) is 21.9 Å². The van der Waals surface area contributed by atoms with E-state index in [9.17, 15) is 26.8 Å². The van der Waals surface area contributed by atoms with Gasteiger partial charge in [-0.2, -0.15) is 0 Å². The quantitative estimate of drug-likeness (QED) is 0.438. The van der Waals surface area contributed by atoms with Crippen LogP contribution in [-0.2, 0) is 27.8 Å². The third-order valence-corrected chi connectivity index (χ3v) is 6.05. The molecule has 3 aromatic carbocycles. The monoisotopic (exact) mass is 473 g/mol. The van der Waals surface area contributed by atoms with Crippen molar-refractivity contribution in [3.8, 4) is 0 Å². The minimum absolute atomic E-state index is 0.0264. The van der Waals surface area contributed by atoms with Crippen LogP contribution < -0.4 is 15.6 Å². The lowest BCUT2D eigenvalue weighted by Crippen LogP contribution is -2.41. The lowest BCUT2D eigenvalue weighted by Gasteiger charge is -2.10. The summed E-state index contributed by atoms with van der Waals surface area (Å²) in [7, 11) is -3.87. The molecule has 0 spiro atoms. The zero-order chi connectivity index (χ0) is 23.8. The molecule has 0 aliphatic rings. The molecule has 0 aliphatic heterocycles. The van der Waals surface area contributed by atoms with E-state index in [1.54, 1.807) is 24.3 Å². The van der Waals surface area contributed by atoms with E-state index >= 15 is 0 Å². The Morgan fingerprint density at radius 1 is 0.788 bits per heavy atom. The predicted molar refractivity (Wildman–Crippen MR) is 117 cm³/mol. The highest BCUT2D eigenvalue weighted by Crippen LogP contribution is 2.13. The number of hydrogen-bond acceptors (Lipinski definition) is 4. The van der Waals surface area contributed by atoms with Gasteiger partial charge in [-0.15, -0.1) is 0 Å². The third-order valence-electron chi connectivity index (χ3n) is 4.66. The van der Waals surface area contributed by atoms with Gasteiger partial charge in [0.25, 0.3) is 5.91 Å².